The van der Waals surface area contributed by atoms with Crippen LogP contribution >= 0.6 is 23.4 Å². The molecule has 0 radical (unpaired) electrons. The fraction of sp³-hybridized carbons (Fsp3) is 0.286. The van der Waals surface area contributed by atoms with Gasteiger partial charge in [0.25, 0.3) is 5.91 Å². The summed E-state index contributed by atoms with van der Waals surface area (Å²) in [5.74, 6) is 1.78. The second-order valence-electron chi connectivity index (χ2n) is 6.55. The van der Waals surface area contributed by atoms with Crippen LogP contribution < -0.4 is 24.8 Å². The Morgan fingerprint density at radius 1 is 1.10 bits per heavy atom. The van der Waals surface area contributed by atoms with Crippen molar-refractivity contribution in [2.45, 2.75) is 25.4 Å². The molecule has 154 valence electrons. The molecular formula is C21H23ClN2O4S. The molecule has 1 unspecified atom stereocenters. The first-order chi connectivity index (χ1) is 13.9. The molecule has 8 heteroatoms. The van der Waals surface area contributed by atoms with Crippen molar-refractivity contribution in [3.63, 3.8) is 0 Å². The highest BCUT2D eigenvalue weighted by Gasteiger charge is 2.28. The maximum absolute atomic E-state index is 12.4. The monoisotopic (exact) mass is 434 g/mol. The maximum atomic E-state index is 12.4. The lowest BCUT2D eigenvalue weighted by molar-refractivity contribution is -0.116. The number of ether oxygens (including phenoxy) is 3. The third kappa shape index (κ3) is 5.31. The van der Waals surface area contributed by atoms with Gasteiger partial charge >= 0.3 is 0 Å². The van der Waals surface area contributed by atoms with E-state index >= 15 is 0 Å². The van der Waals surface area contributed by atoms with E-state index < -0.39 is 0 Å². The van der Waals surface area contributed by atoms with Crippen molar-refractivity contribution in [2.24, 2.45) is 0 Å². The highest BCUT2D eigenvalue weighted by Crippen LogP contribution is 2.35. The average molecular weight is 435 g/mol. The summed E-state index contributed by atoms with van der Waals surface area (Å²) < 4.78 is 16.5. The number of thioether (sulfide) groups is 1. The van der Waals surface area contributed by atoms with Crippen LogP contribution in [0.4, 0.5) is 5.69 Å². The number of benzene rings is 2. The van der Waals surface area contributed by atoms with Crippen molar-refractivity contribution >= 4 is 41.0 Å². The van der Waals surface area contributed by atoms with Gasteiger partial charge in [-0.15, -0.1) is 0 Å². The molecule has 6 nitrogen and oxygen atoms in total. The fourth-order valence-electron chi connectivity index (χ4n) is 2.78. The molecule has 0 bridgehead atoms. The Kier molecular flexibility index (Phi) is 6.82. The normalized spacial score (nSPS) is 17.4. The minimum atomic E-state index is -0.341. The van der Waals surface area contributed by atoms with Crippen LogP contribution in [0.3, 0.4) is 0 Å². The van der Waals surface area contributed by atoms with Crippen LogP contribution in [-0.4, -0.2) is 31.7 Å². The zero-order chi connectivity index (χ0) is 21.0. The molecule has 0 saturated carbocycles. The van der Waals surface area contributed by atoms with E-state index in [1.807, 2.05) is 38.1 Å². The second kappa shape index (κ2) is 9.33. The van der Waals surface area contributed by atoms with Gasteiger partial charge in [-0.05, 0) is 55.8 Å². The third-order valence-electron chi connectivity index (χ3n) is 4.03. The third-order valence-corrected chi connectivity index (χ3v) is 5.29. The molecule has 2 N–H and O–H groups in total. The molecule has 1 fully saturated rings. The van der Waals surface area contributed by atoms with Gasteiger partial charge in [-0.25, -0.2) is 0 Å². The van der Waals surface area contributed by atoms with Gasteiger partial charge in [0.15, 0.2) is 17.0 Å². The van der Waals surface area contributed by atoms with E-state index in [0.717, 1.165) is 5.56 Å². The van der Waals surface area contributed by atoms with Crippen LogP contribution in [0.1, 0.15) is 19.4 Å². The Balaban J connectivity index is 1.76. The molecule has 2 aromatic rings. The van der Waals surface area contributed by atoms with Gasteiger partial charge in [-0.1, -0.05) is 29.4 Å². The Morgan fingerprint density at radius 2 is 1.83 bits per heavy atom. The summed E-state index contributed by atoms with van der Waals surface area (Å²) in [4.78, 5) is 13.0. The predicted octanol–water partition coefficient (Wildman–Crippen LogP) is 4.74. The molecule has 2 aromatic carbocycles. The first-order valence-corrected chi connectivity index (χ1v) is 10.3. The van der Waals surface area contributed by atoms with E-state index in [-0.39, 0.29) is 17.5 Å². The van der Waals surface area contributed by atoms with E-state index in [1.165, 1.54) is 11.8 Å². The van der Waals surface area contributed by atoms with Gasteiger partial charge in [-0.2, -0.15) is 0 Å². The summed E-state index contributed by atoms with van der Waals surface area (Å²) in [6.45, 7) is 3.91. The molecule has 0 spiro atoms. The summed E-state index contributed by atoms with van der Waals surface area (Å²) >= 11 is 7.45. The topological polar surface area (TPSA) is 68.8 Å². The molecule has 3 rings (SSSR count). The minimum absolute atomic E-state index is 0.0413. The summed E-state index contributed by atoms with van der Waals surface area (Å²) in [5, 5.41) is 6.71. The fourth-order valence-corrected chi connectivity index (χ4v) is 3.92. The van der Waals surface area contributed by atoms with Crippen LogP contribution in [0.25, 0.3) is 6.08 Å². The number of hydrogen-bond acceptors (Lipinski definition) is 6. The van der Waals surface area contributed by atoms with E-state index in [9.17, 15) is 4.79 Å². The molecule has 1 atom stereocenters. The average Bonchev–Trinajstić information content (AvgIpc) is 3.01. The summed E-state index contributed by atoms with van der Waals surface area (Å²) in [6.07, 6.45) is 1.86. The SMILES string of the molecule is COc1ccc(Cl)cc1NC1NC(=O)/C(=C/c2ccc(OC(C)C)c(OC)c2)S1. The Labute approximate surface area is 179 Å². The number of anilines is 1. The minimum Gasteiger partial charge on any atom is -0.495 e. The highest BCUT2D eigenvalue weighted by molar-refractivity contribution is 8.05. The van der Waals surface area contributed by atoms with Crippen molar-refractivity contribution in [3.8, 4) is 17.2 Å². The molecule has 1 aliphatic rings. The standard InChI is InChI=1S/C21H23ClN2O4S/c1-12(2)28-17-7-5-13(9-18(17)27-4)10-19-20(25)24-21(29-19)23-15-11-14(22)6-8-16(15)26-3/h5-12,21,23H,1-4H3,(H,24,25)/b19-10-. The summed E-state index contributed by atoms with van der Waals surface area (Å²) in [5.41, 5.74) is 1.21. The van der Waals surface area contributed by atoms with Crippen molar-refractivity contribution in [1.29, 1.82) is 0 Å². The first kappa shape index (κ1) is 21.2. The number of carbonyl (C=O) groups excluding carboxylic acids is 1. The Morgan fingerprint density at radius 3 is 2.52 bits per heavy atom. The van der Waals surface area contributed by atoms with E-state index in [0.29, 0.717) is 32.9 Å². The zero-order valence-corrected chi connectivity index (χ0v) is 18.2. The van der Waals surface area contributed by atoms with Gasteiger partial charge < -0.3 is 24.8 Å². The molecule has 0 aliphatic carbocycles. The summed E-state index contributed by atoms with van der Waals surface area (Å²) in [6, 6.07) is 10.9. The van der Waals surface area contributed by atoms with Gasteiger partial charge in [0.05, 0.1) is 30.9 Å². The van der Waals surface area contributed by atoms with Crippen LogP contribution in [0.2, 0.25) is 5.02 Å². The van der Waals surface area contributed by atoms with Crippen molar-refractivity contribution in [2.75, 3.05) is 19.5 Å². The largest absolute Gasteiger partial charge is 0.495 e. The lowest BCUT2D eigenvalue weighted by Gasteiger charge is -2.15. The molecular weight excluding hydrogens is 412 g/mol. The molecule has 1 amide bonds. The summed E-state index contributed by atoms with van der Waals surface area (Å²) in [7, 11) is 3.18. The number of nitrogens with one attached hydrogen (secondary N) is 2. The molecule has 0 aromatic heterocycles. The quantitative estimate of drug-likeness (QED) is 0.613. The maximum Gasteiger partial charge on any atom is 0.260 e. The van der Waals surface area contributed by atoms with Crippen molar-refractivity contribution in [1.82, 2.24) is 5.32 Å². The van der Waals surface area contributed by atoms with Crippen molar-refractivity contribution < 1.29 is 19.0 Å². The van der Waals surface area contributed by atoms with Gasteiger partial charge in [0.1, 0.15) is 5.75 Å². The van der Waals surface area contributed by atoms with E-state index in [2.05, 4.69) is 10.6 Å². The van der Waals surface area contributed by atoms with Crippen LogP contribution in [-0.2, 0) is 4.79 Å². The molecule has 1 saturated heterocycles. The van der Waals surface area contributed by atoms with E-state index in [4.69, 9.17) is 25.8 Å². The molecule has 1 heterocycles. The van der Waals surface area contributed by atoms with Crippen LogP contribution in [0.5, 0.6) is 17.2 Å². The van der Waals surface area contributed by atoms with Gasteiger partial charge in [0.2, 0.25) is 0 Å². The van der Waals surface area contributed by atoms with Crippen molar-refractivity contribution in [3.05, 3.63) is 51.9 Å². The number of rotatable bonds is 7. The molecule has 1 aliphatic heterocycles. The van der Waals surface area contributed by atoms with Gasteiger partial charge in [-0.3, -0.25) is 4.79 Å². The highest BCUT2D eigenvalue weighted by atomic mass is 35.5. The van der Waals surface area contributed by atoms with Crippen LogP contribution in [0, 0.1) is 0 Å². The van der Waals surface area contributed by atoms with Gasteiger partial charge in [0, 0.05) is 5.02 Å². The van der Waals surface area contributed by atoms with E-state index in [1.54, 1.807) is 32.4 Å². The number of amides is 1. The first-order valence-electron chi connectivity index (χ1n) is 9.03. The number of hydrogen-bond donors (Lipinski definition) is 2. The number of carbonyl (C=O) groups is 1. The Hall–Kier alpha value is -2.51. The Bertz CT molecular complexity index is 933. The lowest BCUT2D eigenvalue weighted by atomic mass is 10.2. The van der Waals surface area contributed by atoms with Crippen LogP contribution in [0.15, 0.2) is 41.3 Å². The molecule has 29 heavy (non-hydrogen) atoms. The number of halogens is 1. The lowest BCUT2D eigenvalue weighted by Crippen LogP contribution is -2.31. The second-order valence-corrected chi connectivity index (χ2v) is 8.13. The zero-order valence-electron chi connectivity index (χ0n) is 16.6. The number of methoxy groups -OCH3 is 2. The predicted molar refractivity (Wildman–Crippen MR) is 118 cm³/mol. The smallest absolute Gasteiger partial charge is 0.260 e.